The molecule has 0 radical (unpaired) electrons. The molecule has 6 aromatic rings. The number of hydrogen-bond donors (Lipinski definition) is 1. The Morgan fingerprint density at radius 3 is 2.26 bits per heavy atom. The zero-order valence-electron chi connectivity index (χ0n) is 26.2. The van der Waals surface area contributed by atoms with Crippen molar-refractivity contribution in [3.8, 4) is 6.07 Å². The average molecular weight is 631 g/mol. The van der Waals surface area contributed by atoms with E-state index in [9.17, 15) is 15.2 Å². The first-order valence-electron chi connectivity index (χ1n) is 16.3. The van der Waals surface area contributed by atoms with Crippen LogP contribution >= 0.6 is 11.3 Å². The Labute approximate surface area is 278 Å². The van der Waals surface area contributed by atoms with Gasteiger partial charge < -0.3 is 10.0 Å². The first kappa shape index (κ1) is 29.2. The van der Waals surface area contributed by atoms with E-state index in [1.807, 2.05) is 12.1 Å². The third kappa shape index (κ3) is 5.10. The molecule has 0 amide bonds. The molecule has 5 heteroatoms. The number of rotatable bonds is 7. The molecule has 47 heavy (non-hydrogen) atoms. The molecule has 1 aliphatic carbocycles. The van der Waals surface area contributed by atoms with Gasteiger partial charge in [0.05, 0.1) is 6.07 Å². The lowest BCUT2D eigenvalue weighted by Gasteiger charge is -2.27. The fourth-order valence-corrected chi connectivity index (χ4v) is 8.88. The number of nitriles is 1. The number of benzene rings is 5. The van der Waals surface area contributed by atoms with E-state index in [1.165, 1.54) is 80.9 Å². The molecule has 3 atom stereocenters. The summed E-state index contributed by atoms with van der Waals surface area (Å²) in [4.78, 5) is 14.3. The van der Waals surface area contributed by atoms with Gasteiger partial charge in [0, 0.05) is 49.9 Å². The van der Waals surface area contributed by atoms with Gasteiger partial charge >= 0.3 is 5.97 Å². The van der Waals surface area contributed by atoms with Gasteiger partial charge in [-0.1, -0.05) is 91.3 Å². The monoisotopic (exact) mass is 630 g/mol. The van der Waals surface area contributed by atoms with Gasteiger partial charge in [0.1, 0.15) is 0 Å². The van der Waals surface area contributed by atoms with Gasteiger partial charge in [-0.3, -0.25) is 4.79 Å². The standard InChI is InChI=1S/C42H34N2O2S/c1-42(26-43,41(45)46)25-28-15-18-33-34-19-17-31(24-40(34)47-39(33)23-28)44-37-14-8-13-32(37)36-22-27(16-20-38(36)44)21-35(29-9-4-2-5-10-29)30-11-6-3-7-12-30/h2-7,9-12,15-24,32,37H,8,13-14,25H2,1H3,(H,45,46). The Morgan fingerprint density at radius 2 is 1.57 bits per heavy atom. The van der Waals surface area contributed by atoms with Gasteiger partial charge in [-0.05, 0) is 89.6 Å². The molecule has 3 unspecified atom stereocenters. The molecule has 1 saturated carbocycles. The topological polar surface area (TPSA) is 64.3 Å². The first-order chi connectivity index (χ1) is 22.9. The van der Waals surface area contributed by atoms with E-state index in [4.69, 9.17) is 0 Å². The highest BCUT2D eigenvalue weighted by Gasteiger charge is 2.42. The van der Waals surface area contributed by atoms with Crippen LogP contribution in [0.4, 0.5) is 11.4 Å². The molecule has 1 fully saturated rings. The summed E-state index contributed by atoms with van der Waals surface area (Å²) in [6.07, 6.45) is 6.13. The minimum absolute atomic E-state index is 0.178. The van der Waals surface area contributed by atoms with Crippen LogP contribution < -0.4 is 4.90 Å². The molecule has 8 rings (SSSR count). The quantitative estimate of drug-likeness (QED) is 0.178. The second-order valence-corrected chi connectivity index (χ2v) is 14.2. The van der Waals surface area contributed by atoms with Crippen molar-refractivity contribution in [2.45, 2.75) is 44.6 Å². The average Bonchev–Trinajstić information content (AvgIpc) is 3.80. The summed E-state index contributed by atoms with van der Waals surface area (Å²) >= 11 is 1.74. The normalized spacial score (nSPS) is 18.0. The number of anilines is 2. The van der Waals surface area contributed by atoms with Crippen LogP contribution in [-0.2, 0) is 11.2 Å². The Kier molecular flexibility index (Phi) is 7.19. The second kappa shape index (κ2) is 11.6. The van der Waals surface area contributed by atoms with E-state index in [-0.39, 0.29) is 6.42 Å². The van der Waals surface area contributed by atoms with E-state index < -0.39 is 11.4 Å². The predicted molar refractivity (Wildman–Crippen MR) is 193 cm³/mol. The minimum atomic E-state index is -1.45. The van der Waals surface area contributed by atoms with Crippen molar-refractivity contribution < 1.29 is 9.90 Å². The van der Waals surface area contributed by atoms with E-state index in [1.54, 1.807) is 11.3 Å². The van der Waals surface area contributed by atoms with Crippen LogP contribution in [0.1, 0.15) is 59.9 Å². The number of hydrogen-bond acceptors (Lipinski definition) is 4. The molecule has 4 nitrogen and oxygen atoms in total. The third-order valence-electron chi connectivity index (χ3n) is 10.1. The predicted octanol–water partition coefficient (Wildman–Crippen LogP) is 10.6. The zero-order chi connectivity index (χ0) is 32.1. The fraction of sp³-hybridized carbons (Fsp3) is 0.190. The van der Waals surface area contributed by atoms with Crippen LogP contribution in [0.3, 0.4) is 0 Å². The lowest BCUT2D eigenvalue weighted by atomic mass is 9.85. The van der Waals surface area contributed by atoms with Crippen molar-refractivity contribution in [3.05, 3.63) is 143 Å². The van der Waals surface area contributed by atoms with Gasteiger partial charge in [-0.2, -0.15) is 5.26 Å². The summed E-state index contributed by atoms with van der Waals surface area (Å²) in [7, 11) is 0. The summed E-state index contributed by atoms with van der Waals surface area (Å²) in [5.74, 6) is -0.576. The Balaban J connectivity index is 1.17. The Bertz CT molecular complexity index is 2190. The highest BCUT2D eigenvalue weighted by atomic mass is 32.1. The number of thiophene rings is 1. The molecule has 0 spiro atoms. The van der Waals surface area contributed by atoms with Gasteiger partial charge in [0.2, 0.25) is 0 Å². The number of fused-ring (bicyclic) bond motifs is 6. The molecule has 5 aromatic carbocycles. The van der Waals surface area contributed by atoms with Gasteiger partial charge in [0.25, 0.3) is 0 Å². The molecule has 2 aliphatic rings. The van der Waals surface area contributed by atoms with Crippen LogP contribution in [0.15, 0.2) is 115 Å². The fourth-order valence-electron chi connectivity index (χ4n) is 7.68. The number of carboxylic acids is 1. The van der Waals surface area contributed by atoms with Crippen LogP contribution in [0.25, 0.3) is 31.8 Å². The van der Waals surface area contributed by atoms with Crippen LogP contribution in [-0.4, -0.2) is 17.1 Å². The molecule has 2 heterocycles. The maximum atomic E-state index is 11.7. The zero-order valence-corrected chi connectivity index (χ0v) is 27.0. The molecule has 0 saturated heterocycles. The number of carbonyl (C=O) groups is 1. The van der Waals surface area contributed by atoms with Crippen molar-refractivity contribution in [2.75, 3.05) is 4.90 Å². The summed E-state index contributed by atoms with van der Waals surface area (Å²) in [5, 5.41) is 21.5. The molecular formula is C42H34N2O2S. The van der Waals surface area contributed by atoms with Crippen LogP contribution in [0, 0.1) is 16.7 Å². The minimum Gasteiger partial charge on any atom is -0.480 e. The van der Waals surface area contributed by atoms with Crippen molar-refractivity contribution in [1.29, 1.82) is 5.26 Å². The summed E-state index contributed by atoms with van der Waals surface area (Å²) in [6.45, 7) is 1.49. The van der Waals surface area contributed by atoms with Crippen molar-refractivity contribution in [1.82, 2.24) is 0 Å². The van der Waals surface area contributed by atoms with E-state index in [2.05, 4.69) is 120 Å². The molecule has 1 N–H and O–H groups in total. The number of nitrogens with zero attached hydrogens (tertiary/aromatic N) is 2. The van der Waals surface area contributed by atoms with Gasteiger partial charge in [-0.15, -0.1) is 11.3 Å². The summed E-state index contributed by atoms with van der Waals surface area (Å²) in [6, 6.07) is 43.7. The van der Waals surface area contributed by atoms with E-state index >= 15 is 0 Å². The first-order valence-corrected chi connectivity index (χ1v) is 17.1. The highest BCUT2D eigenvalue weighted by molar-refractivity contribution is 7.25. The van der Waals surface area contributed by atoms with Crippen molar-refractivity contribution in [3.63, 3.8) is 0 Å². The second-order valence-electron chi connectivity index (χ2n) is 13.1. The molecule has 230 valence electrons. The van der Waals surface area contributed by atoms with Crippen molar-refractivity contribution >= 4 is 60.5 Å². The maximum Gasteiger partial charge on any atom is 0.324 e. The van der Waals surface area contributed by atoms with Gasteiger partial charge in [-0.25, -0.2) is 0 Å². The Morgan fingerprint density at radius 1 is 0.894 bits per heavy atom. The summed E-state index contributed by atoms with van der Waals surface area (Å²) < 4.78 is 2.33. The number of carboxylic acid groups (broad SMARTS) is 1. The molecule has 1 aromatic heterocycles. The highest BCUT2D eigenvalue weighted by Crippen LogP contribution is 2.53. The summed E-state index contributed by atoms with van der Waals surface area (Å²) in [5.41, 5.74) is 8.28. The lowest BCUT2D eigenvalue weighted by Crippen LogP contribution is -2.28. The smallest absolute Gasteiger partial charge is 0.324 e. The third-order valence-corrected chi connectivity index (χ3v) is 11.2. The van der Waals surface area contributed by atoms with E-state index in [0.717, 1.165) is 10.3 Å². The van der Waals surface area contributed by atoms with Crippen LogP contribution in [0.5, 0.6) is 0 Å². The Hall–Kier alpha value is -5.18. The van der Waals surface area contributed by atoms with E-state index in [0.29, 0.717) is 12.0 Å². The molecular weight excluding hydrogens is 597 g/mol. The molecule has 1 aliphatic heterocycles. The largest absolute Gasteiger partial charge is 0.480 e. The lowest BCUT2D eigenvalue weighted by molar-refractivity contribution is -0.144. The molecule has 0 bridgehead atoms. The number of aliphatic carboxylic acids is 1. The maximum absolute atomic E-state index is 11.7. The van der Waals surface area contributed by atoms with Crippen LogP contribution in [0.2, 0.25) is 0 Å². The SMILES string of the molecule is CC(C#N)(Cc1ccc2c(c1)sc1cc(N3c4ccc(C=C(c5ccccc5)c5ccccc5)cc4C4CCCC43)ccc12)C(=O)O. The van der Waals surface area contributed by atoms with Gasteiger partial charge in [0.15, 0.2) is 5.41 Å². The van der Waals surface area contributed by atoms with Crippen molar-refractivity contribution in [2.24, 2.45) is 5.41 Å².